The summed E-state index contributed by atoms with van der Waals surface area (Å²) in [7, 11) is 0. The highest BCUT2D eigenvalue weighted by Crippen LogP contribution is 2.46. The number of carbonyl (C=O) groups is 1. The van der Waals surface area contributed by atoms with Gasteiger partial charge in [-0.3, -0.25) is 14.8 Å². The van der Waals surface area contributed by atoms with Gasteiger partial charge in [0.15, 0.2) is 0 Å². The number of nitrogens with one attached hydrogen (secondary N) is 1. The van der Waals surface area contributed by atoms with E-state index in [2.05, 4.69) is 15.1 Å². The zero-order chi connectivity index (χ0) is 17.0. The minimum absolute atomic E-state index is 0.0332. The first-order chi connectivity index (χ1) is 12.2. The van der Waals surface area contributed by atoms with Gasteiger partial charge in [0.25, 0.3) is 5.91 Å². The van der Waals surface area contributed by atoms with Gasteiger partial charge in [-0.25, -0.2) is 4.39 Å². The number of aromatic amines is 1. The van der Waals surface area contributed by atoms with Gasteiger partial charge in [0.2, 0.25) is 0 Å². The summed E-state index contributed by atoms with van der Waals surface area (Å²) in [5, 5.41) is 6.74. The average molecular weight is 340 g/mol. The lowest BCUT2D eigenvalue weighted by atomic mass is 9.75. The van der Waals surface area contributed by atoms with Crippen LogP contribution in [0, 0.1) is 11.7 Å². The van der Waals surface area contributed by atoms with Gasteiger partial charge in [0.1, 0.15) is 11.5 Å². The Balaban J connectivity index is 1.53. The van der Waals surface area contributed by atoms with Gasteiger partial charge in [0.05, 0.1) is 6.04 Å². The van der Waals surface area contributed by atoms with Crippen LogP contribution in [-0.2, 0) is 0 Å². The molecule has 1 aromatic carbocycles. The molecule has 0 spiro atoms. The van der Waals surface area contributed by atoms with E-state index in [-0.39, 0.29) is 23.7 Å². The number of piperidine rings is 3. The Morgan fingerprint density at radius 3 is 2.56 bits per heavy atom. The molecular weight excluding hydrogens is 319 g/mol. The Bertz CT molecular complexity index is 767. The zero-order valence-corrected chi connectivity index (χ0v) is 13.9. The van der Waals surface area contributed by atoms with Gasteiger partial charge < -0.3 is 4.90 Å². The summed E-state index contributed by atoms with van der Waals surface area (Å²) in [5.74, 6) is 0.618. The van der Waals surface area contributed by atoms with Crippen LogP contribution in [0.1, 0.15) is 34.8 Å². The number of likely N-dealkylation sites (tertiary alicyclic amines) is 1. The number of hydrogen-bond donors (Lipinski definition) is 1. The van der Waals surface area contributed by atoms with Crippen LogP contribution in [0.3, 0.4) is 0 Å². The maximum atomic E-state index is 13.4. The van der Waals surface area contributed by atoms with E-state index in [9.17, 15) is 9.18 Å². The third-order valence-corrected chi connectivity index (χ3v) is 6.28. The average Bonchev–Trinajstić information content (AvgIpc) is 3.32. The molecule has 0 saturated carbocycles. The number of benzene rings is 1. The Hall–Kier alpha value is -2.21. The van der Waals surface area contributed by atoms with Crippen molar-refractivity contribution in [1.82, 2.24) is 20.0 Å². The Morgan fingerprint density at radius 1 is 1.12 bits per heavy atom. The van der Waals surface area contributed by atoms with Gasteiger partial charge in [-0.1, -0.05) is 12.1 Å². The lowest BCUT2D eigenvalue weighted by Crippen LogP contribution is -2.60. The number of nitrogens with zero attached hydrogens (tertiary/aromatic N) is 3. The molecule has 4 aliphatic heterocycles. The number of fused-ring (bicyclic) bond motifs is 2. The number of aromatic nitrogens is 2. The molecule has 6 heteroatoms. The second-order valence-electron chi connectivity index (χ2n) is 7.44. The molecule has 5 nitrogen and oxygen atoms in total. The highest BCUT2D eigenvalue weighted by atomic mass is 19.1. The van der Waals surface area contributed by atoms with Crippen LogP contribution in [0.25, 0.3) is 0 Å². The molecular formula is C19H21FN4O. The van der Waals surface area contributed by atoms with Crippen LogP contribution in [0.5, 0.6) is 0 Å². The first-order valence-corrected chi connectivity index (χ1v) is 9.02. The summed E-state index contributed by atoms with van der Waals surface area (Å²) in [6.07, 6.45) is 3.93. The third-order valence-electron chi connectivity index (χ3n) is 6.28. The smallest absolute Gasteiger partial charge is 0.272 e. The number of halogens is 1. The summed E-state index contributed by atoms with van der Waals surface area (Å²) in [6, 6.07) is 9.14. The van der Waals surface area contributed by atoms with Gasteiger partial charge in [-0.15, -0.1) is 0 Å². The Kier molecular flexibility index (Phi) is 3.41. The van der Waals surface area contributed by atoms with Crippen molar-refractivity contribution in [2.24, 2.45) is 5.92 Å². The van der Waals surface area contributed by atoms with E-state index in [4.69, 9.17) is 0 Å². The van der Waals surface area contributed by atoms with Gasteiger partial charge in [-0.2, -0.15) is 5.10 Å². The highest BCUT2D eigenvalue weighted by molar-refractivity contribution is 5.92. The molecule has 2 aromatic rings. The fraction of sp³-hybridized carbons (Fsp3) is 0.474. The third kappa shape index (κ3) is 2.31. The first kappa shape index (κ1) is 15.1. The molecule has 3 atom stereocenters. The quantitative estimate of drug-likeness (QED) is 0.912. The number of hydrogen-bond acceptors (Lipinski definition) is 3. The number of H-pyrrole nitrogens is 1. The van der Waals surface area contributed by atoms with Gasteiger partial charge in [0, 0.05) is 24.7 Å². The van der Waals surface area contributed by atoms with Crippen molar-refractivity contribution < 1.29 is 9.18 Å². The molecule has 4 saturated heterocycles. The van der Waals surface area contributed by atoms with Crippen LogP contribution < -0.4 is 0 Å². The van der Waals surface area contributed by atoms with Crippen LogP contribution in [0.15, 0.2) is 36.5 Å². The van der Waals surface area contributed by atoms with Crippen molar-refractivity contribution in [2.45, 2.75) is 30.8 Å². The van der Waals surface area contributed by atoms with Crippen molar-refractivity contribution in [3.8, 4) is 0 Å². The normalized spacial score (nSPS) is 33.5. The summed E-state index contributed by atoms with van der Waals surface area (Å²) in [4.78, 5) is 17.6. The minimum atomic E-state index is -0.214. The fourth-order valence-corrected chi connectivity index (χ4v) is 5.19. The maximum Gasteiger partial charge on any atom is 0.272 e. The van der Waals surface area contributed by atoms with E-state index in [1.165, 1.54) is 12.1 Å². The molecule has 6 rings (SSSR count). The van der Waals surface area contributed by atoms with Crippen LogP contribution >= 0.6 is 0 Å². The van der Waals surface area contributed by atoms with E-state index < -0.39 is 0 Å². The van der Waals surface area contributed by atoms with E-state index in [0.29, 0.717) is 24.2 Å². The van der Waals surface area contributed by atoms with Crippen LogP contribution in [-0.4, -0.2) is 57.6 Å². The molecule has 1 amide bonds. The molecule has 5 heterocycles. The standard InChI is InChI=1S/C19H21FN4O/c20-14-3-1-12(2-4-14)15-11-24(19(25)16-5-8-21-22-16)17-13-6-9-23(10-7-13)18(15)17/h1-5,8,13,15,17-18H,6-7,9-11H2,(H,21,22)/t15-,17+,18+/m0/s1. The van der Waals surface area contributed by atoms with Crippen molar-refractivity contribution in [1.29, 1.82) is 0 Å². The van der Waals surface area contributed by atoms with E-state index >= 15 is 0 Å². The number of carbonyl (C=O) groups excluding carboxylic acids is 1. The monoisotopic (exact) mass is 340 g/mol. The van der Waals surface area contributed by atoms with E-state index in [1.54, 1.807) is 12.3 Å². The molecule has 1 N–H and O–H groups in total. The molecule has 130 valence electrons. The minimum Gasteiger partial charge on any atom is -0.332 e. The fourth-order valence-electron chi connectivity index (χ4n) is 5.19. The highest BCUT2D eigenvalue weighted by Gasteiger charge is 2.54. The van der Waals surface area contributed by atoms with Crippen molar-refractivity contribution in [2.75, 3.05) is 19.6 Å². The molecule has 0 unspecified atom stereocenters. The van der Waals surface area contributed by atoms with E-state index in [1.807, 2.05) is 17.0 Å². The maximum absolute atomic E-state index is 13.4. The largest absolute Gasteiger partial charge is 0.332 e. The molecule has 2 bridgehead atoms. The van der Waals surface area contributed by atoms with Crippen LogP contribution in [0.2, 0.25) is 0 Å². The molecule has 4 fully saturated rings. The topological polar surface area (TPSA) is 52.2 Å². The molecule has 0 aliphatic carbocycles. The predicted molar refractivity (Wildman–Crippen MR) is 90.6 cm³/mol. The zero-order valence-electron chi connectivity index (χ0n) is 13.9. The van der Waals surface area contributed by atoms with E-state index in [0.717, 1.165) is 31.5 Å². The van der Waals surface area contributed by atoms with Crippen molar-refractivity contribution in [3.05, 3.63) is 53.6 Å². The molecule has 4 aliphatic rings. The van der Waals surface area contributed by atoms with Gasteiger partial charge in [-0.05, 0) is 55.6 Å². The van der Waals surface area contributed by atoms with Crippen LogP contribution in [0.4, 0.5) is 4.39 Å². The molecule has 0 radical (unpaired) electrons. The second kappa shape index (κ2) is 5.66. The lowest BCUT2D eigenvalue weighted by molar-refractivity contribution is -0.00358. The van der Waals surface area contributed by atoms with Gasteiger partial charge >= 0.3 is 0 Å². The van der Waals surface area contributed by atoms with Crippen molar-refractivity contribution in [3.63, 3.8) is 0 Å². The second-order valence-corrected chi connectivity index (χ2v) is 7.44. The number of rotatable bonds is 2. The summed E-state index contributed by atoms with van der Waals surface area (Å²) >= 11 is 0. The first-order valence-electron chi connectivity index (χ1n) is 9.02. The lowest BCUT2D eigenvalue weighted by Gasteiger charge is -2.51. The van der Waals surface area contributed by atoms with Crippen molar-refractivity contribution >= 4 is 5.91 Å². The molecule has 1 aromatic heterocycles. The summed E-state index contributed by atoms with van der Waals surface area (Å²) in [6.45, 7) is 2.90. The SMILES string of the molecule is O=C(c1ccn[nH]1)N1C[C@@H](c2ccc(F)cc2)[C@@H]2[C@H]1C1CCN2CC1. The summed E-state index contributed by atoms with van der Waals surface area (Å²) in [5.41, 5.74) is 1.68. The Morgan fingerprint density at radius 2 is 1.88 bits per heavy atom. The predicted octanol–water partition coefficient (Wildman–Crippen LogP) is 2.25. The Labute approximate surface area is 145 Å². The molecule has 25 heavy (non-hydrogen) atoms. The number of amides is 1. The summed E-state index contributed by atoms with van der Waals surface area (Å²) < 4.78 is 13.4.